The zero-order valence-electron chi connectivity index (χ0n) is 13.7. The second kappa shape index (κ2) is 8.03. The number of carbonyl (C=O) groups is 1. The first-order valence-corrected chi connectivity index (χ1v) is 8.32. The number of benzene rings is 2. The summed E-state index contributed by atoms with van der Waals surface area (Å²) in [6, 6.07) is 15.4. The van der Waals surface area contributed by atoms with Crippen LogP contribution in [0.25, 0.3) is 0 Å². The van der Waals surface area contributed by atoms with Gasteiger partial charge in [0, 0.05) is 5.02 Å². The molecule has 0 aliphatic rings. The molecule has 0 aliphatic carbocycles. The fourth-order valence-electron chi connectivity index (χ4n) is 2.18. The number of nitrogens with one attached hydrogen (secondary N) is 2. The molecule has 0 saturated heterocycles. The van der Waals surface area contributed by atoms with Gasteiger partial charge in [-0.05, 0) is 42.5 Å². The minimum absolute atomic E-state index is 0.170. The molecule has 132 valence electrons. The van der Waals surface area contributed by atoms with E-state index in [4.69, 9.17) is 27.9 Å². The van der Waals surface area contributed by atoms with E-state index in [2.05, 4.69) is 20.8 Å². The van der Waals surface area contributed by atoms with E-state index < -0.39 is 5.91 Å². The molecule has 6 nitrogen and oxygen atoms in total. The zero-order chi connectivity index (χ0) is 18.5. The molecule has 26 heavy (non-hydrogen) atoms. The molecule has 0 bridgehead atoms. The van der Waals surface area contributed by atoms with E-state index in [1.165, 1.54) is 7.11 Å². The summed E-state index contributed by atoms with van der Waals surface area (Å²) in [6.45, 7) is 0. The molecular formula is C18H14Cl2N4O2. The molecule has 0 atom stereocenters. The Balaban J connectivity index is 1.71. The summed E-state index contributed by atoms with van der Waals surface area (Å²) in [5.41, 5.74) is 1.36. The molecule has 8 heteroatoms. The van der Waals surface area contributed by atoms with E-state index in [9.17, 15) is 4.79 Å². The van der Waals surface area contributed by atoms with Gasteiger partial charge in [0.05, 0.1) is 23.5 Å². The molecule has 1 amide bonds. The highest BCUT2D eigenvalue weighted by molar-refractivity contribution is 6.36. The second-order valence-electron chi connectivity index (χ2n) is 5.21. The number of aromatic nitrogens is 2. The van der Waals surface area contributed by atoms with Gasteiger partial charge in [0.2, 0.25) is 0 Å². The lowest BCUT2D eigenvalue weighted by Gasteiger charge is -2.10. The van der Waals surface area contributed by atoms with Crippen LogP contribution in [0.1, 0.15) is 10.5 Å². The molecule has 0 radical (unpaired) electrons. The number of halogens is 2. The second-order valence-corrected chi connectivity index (χ2v) is 6.05. The summed E-state index contributed by atoms with van der Waals surface area (Å²) in [6.07, 6.45) is 0. The van der Waals surface area contributed by atoms with Crippen molar-refractivity contribution in [1.82, 2.24) is 10.2 Å². The molecule has 1 aromatic heterocycles. The molecule has 1 heterocycles. The molecule has 2 N–H and O–H groups in total. The number of para-hydroxylation sites is 2. The van der Waals surface area contributed by atoms with Crippen molar-refractivity contribution in [2.45, 2.75) is 0 Å². The summed E-state index contributed by atoms with van der Waals surface area (Å²) in [5.74, 6) is 0.616. The standard InChI is InChI=1S/C18H14Cl2N4O2/c1-26-16-5-3-2-4-14(16)22-18(25)15-8-9-17(24-23-15)21-13-7-6-11(19)10-12(13)20/h2-10H,1H3,(H,21,24)(H,22,25). The van der Waals surface area contributed by atoms with E-state index in [1.54, 1.807) is 48.5 Å². The first kappa shape index (κ1) is 18.0. The molecule has 0 saturated carbocycles. The predicted molar refractivity (Wildman–Crippen MR) is 103 cm³/mol. The van der Waals surface area contributed by atoms with Gasteiger partial charge in [0.15, 0.2) is 11.5 Å². The third kappa shape index (κ3) is 4.22. The van der Waals surface area contributed by atoms with Gasteiger partial charge >= 0.3 is 0 Å². The van der Waals surface area contributed by atoms with Crippen molar-refractivity contribution in [3.8, 4) is 5.75 Å². The van der Waals surface area contributed by atoms with Gasteiger partial charge in [0.1, 0.15) is 5.75 Å². The maximum absolute atomic E-state index is 12.3. The molecular weight excluding hydrogens is 375 g/mol. The Kier molecular flexibility index (Phi) is 5.55. The van der Waals surface area contributed by atoms with Crippen LogP contribution in [0.3, 0.4) is 0 Å². The number of hydrogen-bond acceptors (Lipinski definition) is 5. The number of rotatable bonds is 5. The Hall–Kier alpha value is -2.83. The maximum Gasteiger partial charge on any atom is 0.276 e. The summed E-state index contributed by atoms with van der Waals surface area (Å²) < 4.78 is 5.20. The van der Waals surface area contributed by atoms with Gasteiger partial charge in [-0.3, -0.25) is 4.79 Å². The number of carbonyl (C=O) groups excluding carboxylic acids is 1. The minimum Gasteiger partial charge on any atom is -0.495 e. The highest BCUT2D eigenvalue weighted by atomic mass is 35.5. The van der Waals surface area contributed by atoms with Gasteiger partial charge < -0.3 is 15.4 Å². The van der Waals surface area contributed by atoms with E-state index in [1.807, 2.05) is 6.07 Å². The van der Waals surface area contributed by atoms with Crippen molar-refractivity contribution in [3.05, 3.63) is 70.3 Å². The van der Waals surface area contributed by atoms with Crippen LogP contribution in [0.5, 0.6) is 5.75 Å². The normalized spacial score (nSPS) is 10.3. The lowest BCUT2D eigenvalue weighted by Crippen LogP contribution is -2.15. The van der Waals surface area contributed by atoms with Crippen LogP contribution in [0.2, 0.25) is 10.0 Å². The summed E-state index contributed by atoms with van der Waals surface area (Å²) in [4.78, 5) is 12.3. The summed E-state index contributed by atoms with van der Waals surface area (Å²) >= 11 is 12.0. The van der Waals surface area contributed by atoms with Crippen molar-refractivity contribution in [2.75, 3.05) is 17.7 Å². The number of ether oxygens (including phenoxy) is 1. The smallest absolute Gasteiger partial charge is 0.276 e. The Bertz CT molecular complexity index is 933. The molecule has 0 spiro atoms. The van der Waals surface area contributed by atoms with Gasteiger partial charge in [-0.15, -0.1) is 10.2 Å². The van der Waals surface area contributed by atoms with Crippen molar-refractivity contribution in [3.63, 3.8) is 0 Å². The van der Waals surface area contributed by atoms with Gasteiger partial charge in [0.25, 0.3) is 5.91 Å². The van der Waals surface area contributed by atoms with Crippen LogP contribution in [-0.4, -0.2) is 23.2 Å². The van der Waals surface area contributed by atoms with E-state index >= 15 is 0 Å². The van der Waals surface area contributed by atoms with Crippen molar-refractivity contribution < 1.29 is 9.53 Å². The number of nitrogens with zero attached hydrogens (tertiary/aromatic N) is 2. The number of hydrogen-bond donors (Lipinski definition) is 2. The molecule has 0 fully saturated rings. The first-order chi connectivity index (χ1) is 12.6. The Morgan fingerprint density at radius 3 is 2.50 bits per heavy atom. The average Bonchev–Trinajstić information content (AvgIpc) is 2.65. The topological polar surface area (TPSA) is 76.1 Å². The lowest BCUT2D eigenvalue weighted by molar-refractivity contribution is 0.102. The highest BCUT2D eigenvalue weighted by Gasteiger charge is 2.12. The van der Waals surface area contributed by atoms with Crippen LogP contribution < -0.4 is 15.4 Å². The quantitative estimate of drug-likeness (QED) is 0.656. The lowest BCUT2D eigenvalue weighted by atomic mass is 10.2. The maximum atomic E-state index is 12.3. The Labute approximate surface area is 160 Å². The van der Waals surface area contributed by atoms with Crippen LogP contribution in [0.15, 0.2) is 54.6 Å². The van der Waals surface area contributed by atoms with Crippen molar-refractivity contribution in [1.29, 1.82) is 0 Å². The largest absolute Gasteiger partial charge is 0.495 e. The fraction of sp³-hybridized carbons (Fsp3) is 0.0556. The van der Waals surface area contributed by atoms with Crippen LogP contribution in [-0.2, 0) is 0 Å². The summed E-state index contributed by atoms with van der Waals surface area (Å²) in [5, 5.41) is 14.7. The molecule has 3 rings (SSSR count). The molecule has 0 unspecified atom stereocenters. The van der Waals surface area contributed by atoms with E-state index in [-0.39, 0.29) is 5.69 Å². The first-order valence-electron chi connectivity index (χ1n) is 7.57. The number of amides is 1. The average molecular weight is 389 g/mol. The van der Waals surface area contributed by atoms with Gasteiger partial charge in [-0.1, -0.05) is 35.3 Å². The Morgan fingerprint density at radius 1 is 1.00 bits per heavy atom. The van der Waals surface area contributed by atoms with Crippen LogP contribution in [0.4, 0.5) is 17.2 Å². The third-order valence-corrected chi connectivity index (χ3v) is 3.99. The molecule has 3 aromatic rings. The van der Waals surface area contributed by atoms with Crippen molar-refractivity contribution in [2.24, 2.45) is 0 Å². The number of anilines is 3. The SMILES string of the molecule is COc1ccccc1NC(=O)c1ccc(Nc2ccc(Cl)cc2Cl)nn1. The fourth-order valence-corrected chi connectivity index (χ4v) is 2.64. The van der Waals surface area contributed by atoms with E-state index in [0.29, 0.717) is 33.0 Å². The molecule has 2 aromatic carbocycles. The van der Waals surface area contributed by atoms with Crippen LogP contribution >= 0.6 is 23.2 Å². The van der Waals surface area contributed by atoms with Crippen LogP contribution in [0, 0.1) is 0 Å². The Morgan fingerprint density at radius 2 is 1.81 bits per heavy atom. The van der Waals surface area contributed by atoms with Gasteiger partial charge in [-0.2, -0.15) is 0 Å². The minimum atomic E-state index is -0.391. The number of methoxy groups -OCH3 is 1. The zero-order valence-corrected chi connectivity index (χ0v) is 15.2. The summed E-state index contributed by atoms with van der Waals surface area (Å²) in [7, 11) is 1.53. The predicted octanol–water partition coefficient (Wildman–Crippen LogP) is 4.79. The molecule has 0 aliphatic heterocycles. The highest BCUT2D eigenvalue weighted by Crippen LogP contribution is 2.27. The van der Waals surface area contributed by atoms with E-state index in [0.717, 1.165) is 0 Å². The third-order valence-electron chi connectivity index (χ3n) is 3.45. The monoisotopic (exact) mass is 388 g/mol. The van der Waals surface area contributed by atoms with Gasteiger partial charge in [-0.25, -0.2) is 0 Å². The van der Waals surface area contributed by atoms with Crippen molar-refractivity contribution >= 4 is 46.3 Å².